The smallest absolute Gasteiger partial charge is 0.267 e. The fourth-order valence-corrected chi connectivity index (χ4v) is 4.65. The molecule has 8 heteroatoms. The van der Waals surface area contributed by atoms with Crippen LogP contribution in [0.2, 0.25) is 0 Å². The molecule has 0 fully saturated rings. The van der Waals surface area contributed by atoms with Gasteiger partial charge in [0.05, 0.1) is 23.7 Å². The summed E-state index contributed by atoms with van der Waals surface area (Å²) in [6.45, 7) is 1.95. The minimum atomic E-state index is -0.264. The monoisotopic (exact) mass is 446 g/mol. The number of halogens is 1. The first-order valence-corrected chi connectivity index (χ1v) is 11.0. The molecule has 0 unspecified atom stereocenters. The molecular formula is C24H19FN4O2S. The van der Waals surface area contributed by atoms with Crippen LogP contribution in [0.25, 0.3) is 22.4 Å². The van der Waals surface area contributed by atoms with Crippen molar-refractivity contribution < 1.29 is 9.13 Å². The van der Waals surface area contributed by atoms with E-state index in [1.165, 1.54) is 22.4 Å². The summed E-state index contributed by atoms with van der Waals surface area (Å²) >= 11 is 1.36. The van der Waals surface area contributed by atoms with Crippen LogP contribution in [-0.2, 0) is 5.75 Å². The summed E-state index contributed by atoms with van der Waals surface area (Å²) in [5.41, 5.74) is 2.62. The first kappa shape index (κ1) is 20.3. The number of ether oxygens (including phenoxy) is 1. The van der Waals surface area contributed by atoms with Crippen molar-refractivity contribution in [3.05, 3.63) is 94.0 Å². The number of nitrogens with zero attached hydrogens (tertiary/aromatic N) is 4. The largest absolute Gasteiger partial charge is 0.495 e. The standard InChI is InChI=1S/C24H19FN4O2S/c1-15-11-12-21(31-2)20(13-15)28-22(30)17-8-4-6-10-19(17)29-23(28)26-27-24(29)32-14-16-7-3-5-9-18(16)25/h3-13H,14H2,1-2H3. The molecule has 0 aliphatic heterocycles. The normalized spacial score (nSPS) is 11.3. The Labute approximate surface area is 187 Å². The molecule has 3 aromatic carbocycles. The Morgan fingerprint density at radius 3 is 2.62 bits per heavy atom. The van der Waals surface area contributed by atoms with Gasteiger partial charge in [0.1, 0.15) is 11.6 Å². The number of fused-ring (bicyclic) bond motifs is 3. The van der Waals surface area contributed by atoms with Gasteiger partial charge in [0.2, 0.25) is 5.78 Å². The molecule has 0 spiro atoms. The fourth-order valence-electron chi connectivity index (χ4n) is 3.72. The quantitative estimate of drug-likeness (QED) is 0.364. The third kappa shape index (κ3) is 3.33. The average Bonchev–Trinajstić information content (AvgIpc) is 3.23. The van der Waals surface area contributed by atoms with Gasteiger partial charge in [0.25, 0.3) is 5.56 Å². The van der Waals surface area contributed by atoms with E-state index in [-0.39, 0.29) is 11.4 Å². The van der Waals surface area contributed by atoms with Gasteiger partial charge in [-0.15, -0.1) is 10.2 Å². The molecule has 6 nitrogen and oxygen atoms in total. The highest BCUT2D eigenvalue weighted by molar-refractivity contribution is 7.98. The number of aryl methyl sites for hydroxylation is 1. The summed E-state index contributed by atoms with van der Waals surface area (Å²) < 4.78 is 23.0. The molecule has 0 amide bonds. The summed E-state index contributed by atoms with van der Waals surface area (Å²) in [4.78, 5) is 13.5. The minimum absolute atomic E-state index is 0.213. The van der Waals surface area contributed by atoms with Crippen molar-refractivity contribution in [2.24, 2.45) is 0 Å². The topological polar surface area (TPSA) is 61.4 Å². The Bertz CT molecular complexity index is 1530. The van der Waals surface area contributed by atoms with Gasteiger partial charge >= 0.3 is 0 Å². The van der Waals surface area contributed by atoms with Gasteiger partial charge in [-0.25, -0.2) is 8.96 Å². The number of aromatic nitrogens is 4. The van der Waals surface area contributed by atoms with Crippen LogP contribution in [0.4, 0.5) is 4.39 Å². The van der Waals surface area contributed by atoms with E-state index in [4.69, 9.17) is 4.74 Å². The van der Waals surface area contributed by atoms with E-state index in [0.717, 1.165) is 5.56 Å². The van der Waals surface area contributed by atoms with Crippen molar-refractivity contribution in [1.29, 1.82) is 0 Å². The molecule has 160 valence electrons. The average molecular weight is 447 g/mol. The first-order chi connectivity index (χ1) is 15.6. The molecule has 2 heterocycles. The number of hydrogen-bond acceptors (Lipinski definition) is 5. The number of benzene rings is 3. The van der Waals surface area contributed by atoms with E-state index in [9.17, 15) is 9.18 Å². The van der Waals surface area contributed by atoms with E-state index in [0.29, 0.717) is 44.6 Å². The second-order valence-electron chi connectivity index (χ2n) is 7.33. The Hall–Kier alpha value is -3.65. The van der Waals surface area contributed by atoms with Crippen LogP contribution in [0.1, 0.15) is 11.1 Å². The van der Waals surface area contributed by atoms with E-state index in [1.807, 2.05) is 47.7 Å². The van der Waals surface area contributed by atoms with Gasteiger partial charge in [-0.1, -0.05) is 48.2 Å². The maximum Gasteiger partial charge on any atom is 0.267 e. The van der Waals surface area contributed by atoms with Crippen molar-refractivity contribution >= 4 is 28.4 Å². The summed E-state index contributed by atoms with van der Waals surface area (Å²) in [7, 11) is 1.57. The SMILES string of the molecule is COc1ccc(C)cc1-n1c(=O)c2ccccc2n2c(SCc3ccccc3F)nnc12. The van der Waals surface area contributed by atoms with Crippen LogP contribution in [0, 0.1) is 12.7 Å². The third-order valence-corrected chi connectivity index (χ3v) is 6.26. The zero-order chi connectivity index (χ0) is 22.2. The Morgan fingerprint density at radius 2 is 1.81 bits per heavy atom. The van der Waals surface area contributed by atoms with E-state index >= 15 is 0 Å². The molecule has 5 rings (SSSR count). The van der Waals surface area contributed by atoms with Crippen LogP contribution in [0.5, 0.6) is 5.75 Å². The van der Waals surface area contributed by atoms with Crippen LogP contribution in [-0.4, -0.2) is 26.3 Å². The fraction of sp³-hybridized carbons (Fsp3) is 0.125. The Balaban J connectivity index is 1.76. The van der Waals surface area contributed by atoms with E-state index < -0.39 is 0 Å². The van der Waals surface area contributed by atoms with Crippen LogP contribution < -0.4 is 10.3 Å². The van der Waals surface area contributed by atoms with E-state index in [2.05, 4.69) is 10.2 Å². The van der Waals surface area contributed by atoms with Crippen LogP contribution in [0.3, 0.4) is 0 Å². The highest BCUT2D eigenvalue weighted by atomic mass is 32.2. The maximum atomic E-state index is 14.1. The number of rotatable bonds is 5. The number of para-hydroxylation sites is 1. The molecular weight excluding hydrogens is 427 g/mol. The number of hydrogen-bond donors (Lipinski definition) is 0. The van der Waals surface area contributed by atoms with Gasteiger partial charge in [-0.05, 0) is 48.4 Å². The zero-order valence-electron chi connectivity index (χ0n) is 17.4. The van der Waals surface area contributed by atoms with Crippen molar-refractivity contribution in [3.8, 4) is 11.4 Å². The predicted molar refractivity (Wildman–Crippen MR) is 123 cm³/mol. The third-order valence-electron chi connectivity index (χ3n) is 5.28. The Morgan fingerprint density at radius 1 is 1.03 bits per heavy atom. The molecule has 0 bridgehead atoms. The summed E-state index contributed by atoms with van der Waals surface area (Å²) in [6.07, 6.45) is 0. The molecule has 0 N–H and O–H groups in total. The predicted octanol–water partition coefficient (Wildman–Crippen LogP) is 4.78. The highest BCUT2D eigenvalue weighted by Gasteiger charge is 2.20. The summed E-state index contributed by atoms with van der Waals surface area (Å²) in [5.74, 6) is 1.04. The first-order valence-electron chi connectivity index (χ1n) is 9.98. The lowest BCUT2D eigenvalue weighted by molar-refractivity contribution is 0.412. The summed E-state index contributed by atoms with van der Waals surface area (Å²) in [6, 6.07) is 19.6. The molecule has 0 radical (unpaired) electrons. The molecule has 0 saturated carbocycles. The second-order valence-corrected chi connectivity index (χ2v) is 8.27. The summed E-state index contributed by atoms with van der Waals surface area (Å²) in [5, 5.41) is 9.79. The lowest BCUT2D eigenvalue weighted by atomic mass is 10.2. The van der Waals surface area contributed by atoms with Crippen molar-refractivity contribution in [2.45, 2.75) is 17.8 Å². The van der Waals surface area contributed by atoms with Gasteiger partial charge in [0.15, 0.2) is 5.16 Å². The molecule has 2 aromatic heterocycles. The molecule has 0 aliphatic rings. The Kier molecular flexibility index (Phi) is 5.14. The molecule has 32 heavy (non-hydrogen) atoms. The molecule has 0 atom stereocenters. The van der Waals surface area contributed by atoms with Crippen molar-refractivity contribution in [3.63, 3.8) is 0 Å². The second kappa shape index (κ2) is 8.12. The van der Waals surface area contributed by atoms with Crippen molar-refractivity contribution in [2.75, 3.05) is 7.11 Å². The molecule has 5 aromatic rings. The lowest BCUT2D eigenvalue weighted by Crippen LogP contribution is -2.22. The zero-order valence-corrected chi connectivity index (χ0v) is 18.3. The highest BCUT2D eigenvalue weighted by Crippen LogP contribution is 2.29. The van der Waals surface area contributed by atoms with Crippen LogP contribution >= 0.6 is 11.8 Å². The van der Waals surface area contributed by atoms with Gasteiger partial charge < -0.3 is 4.74 Å². The van der Waals surface area contributed by atoms with E-state index in [1.54, 1.807) is 31.4 Å². The van der Waals surface area contributed by atoms with Gasteiger partial charge in [-0.3, -0.25) is 9.20 Å². The minimum Gasteiger partial charge on any atom is -0.495 e. The van der Waals surface area contributed by atoms with Crippen LogP contribution in [0.15, 0.2) is 76.7 Å². The lowest BCUT2D eigenvalue weighted by Gasteiger charge is -2.14. The van der Waals surface area contributed by atoms with Gasteiger partial charge in [-0.2, -0.15) is 0 Å². The van der Waals surface area contributed by atoms with Crippen molar-refractivity contribution in [1.82, 2.24) is 19.2 Å². The number of thioether (sulfide) groups is 1. The maximum absolute atomic E-state index is 14.1. The number of methoxy groups -OCH3 is 1. The molecule has 0 saturated heterocycles. The van der Waals surface area contributed by atoms with Gasteiger partial charge in [0, 0.05) is 5.75 Å². The molecule has 0 aliphatic carbocycles.